The molecule has 1 N–H and O–H groups in total. The first-order valence-corrected chi connectivity index (χ1v) is 6.95. The summed E-state index contributed by atoms with van der Waals surface area (Å²) in [5, 5.41) is 3.57. The maximum absolute atomic E-state index is 5.14. The number of ether oxygens (including phenoxy) is 1. The zero-order valence-corrected chi connectivity index (χ0v) is 11.3. The lowest BCUT2D eigenvalue weighted by Gasteiger charge is -2.19. The van der Waals surface area contributed by atoms with Crippen molar-refractivity contribution in [1.82, 2.24) is 5.32 Å². The monoisotopic (exact) mass is 239 g/mol. The minimum absolute atomic E-state index is 0.382. The number of rotatable bonds is 6. The number of hydrogen-bond donors (Lipinski definition) is 1. The summed E-state index contributed by atoms with van der Waals surface area (Å²) in [4.78, 5) is 0. The van der Waals surface area contributed by atoms with E-state index >= 15 is 0 Å². The molecule has 0 bridgehead atoms. The molecule has 0 aliphatic carbocycles. The molecule has 0 aliphatic rings. The van der Waals surface area contributed by atoms with Crippen molar-refractivity contribution in [3.63, 3.8) is 0 Å². The first-order valence-electron chi connectivity index (χ1n) is 5.56. The van der Waals surface area contributed by atoms with Gasteiger partial charge in [-0.25, -0.2) is 0 Å². The molecule has 2 nitrogen and oxygen atoms in total. The van der Waals surface area contributed by atoms with Gasteiger partial charge in [-0.1, -0.05) is 12.1 Å². The summed E-state index contributed by atoms with van der Waals surface area (Å²) in [5.41, 5.74) is 1.30. The lowest BCUT2D eigenvalue weighted by molar-refractivity contribution is 0.414. The number of benzene rings is 1. The molecule has 0 fully saturated rings. The van der Waals surface area contributed by atoms with Crippen molar-refractivity contribution in [2.24, 2.45) is 0 Å². The van der Waals surface area contributed by atoms with Crippen molar-refractivity contribution in [1.29, 1.82) is 0 Å². The highest BCUT2D eigenvalue weighted by molar-refractivity contribution is 7.98. The molecule has 0 spiro atoms. The quantitative estimate of drug-likeness (QED) is 0.824. The Bertz CT molecular complexity index is 299. The number of methoxy groups -OCH3 is 1. The molecular weight excluding hydrogens is 218 g/mol. The summed E-state index contributed by atoms with van der Waals surface area (Å²) in [6, 6.07) is 9.16. The Hall–Kier alpha value is -0.670. The Kier molecular flexibility index (Phi) is 5.71. The van der Waals surface area contributed by atoms with E-state index in [0.29, 0.717) is 12.1 Å². The van der Waals surface area contributed by atoms with E-state index < -0.39 is 0 Å². The van der Waals surface area contributed by atoms with E-state index in [1.165, 1.54) is 5.56 Å². The van der Waals surface area contributed by atoms with Crippen LogP contribution in [-0.4, -0.2) is 25.2 Å². The van der Waals surface area contributed by atoms with Crippen LogP contribution in [0.15, 0.2) is 24.3 Å². The van der Waals surface area contributed by atoms with E-state index in [4.69, 9.17) is 4.74 Å². The molecule has 1 rings (SSSR count). The third-order valence-corrected chi connectivity index (χ3v) is 3.40. The third-order valence-electron chi connectivity index (χ3n) is 2.57. The Morgan fingerprint density at radius 1 is 1.25 bits per heavy atom. The van der Waals surface area contributed by atoms with Gasteiger partial charge in [-0.05, 0) is 37.8 Å². The van der Waals surface area contributed by atoms with Crippen LogP contribution in [0.4, 0.5) is 0 Å². The predicted molar refractivity (Wildman–Crippen MR) is 72.4 cm³/mol. The van der Waals surface area contributed by atoms with Gasteiger partial charge in [0.1, 0.15) is 5.75 Å². The van der Waals surface area contributed by atoms with E-state index in [1.54, 1.807) is 7.11 Å². The van der Waals surface area contributed by atoms with Crippen LogP contribution in [0.1, 0.15) is 25.5 Å². The second kappa shape index (κ2) is 6.81. The molecule has 0 saturated heterocycles. The van der Waals surface area contributed by atoms with Crippen LogP contribution >= 0.6 is 11.8 Å². The van der Waals surface area contributed by atoms with Gasteiger partial charge in [0.25, 0.3) is 0 Å². The first kappa shape index (κ1) is 13.4. The fourth-order valence-corrected chi connectivity index (χ4v) is 2.31. The maximum Gasteiger partial charge on any atom is 0.118 e. The maximum atomic E-state index is 5.14. The molecule has 1 aromatic carbocycles. The van der Waals surface area contributed by atoms with Crippen molar-refractivity contribution in [3.05, 3.63) is 29.8 Å². The smallest absolute Gasteiger partial charge is 0.118 e. The SMILES string of the molecule is COc1ccc([C@@H](C)N[C@H](C)CSC)cc1. The van der Waals surface area contributed by atoms with Gasteiger partial charge in [-0.15, -0.1) is 0 Å². The van der Waals surface area contributed by atoms with E-state index in [1.807, 2.05) is 23.9 Å². The Balaban J connectivity index is 2.55. The molecule has 16 heavy (non-hydrogen) atoms. The number of thioether (sulfide) groups is 1. The Morgan fingerprint density at radius 2 is 1.88 bits per heavy atom. The summed E-state index contributed by atoms with van der Waals surface area (Å²) in [6.45, 7) is 4.41. The van der Waals surface area contributed by atoms with Crippen LogP contribution in [0.25, 0.3) is 0 Å². The fraction of sp³-hybridized carbons (Fsp3) is 0.538. The second-order valence-corrected chi connectivity index (χ2v) is 4.93. The molecule has 0 heterocycles. The molecule has 0 amide bonds. The third kappa shape index (κ3) is 4.06. The molecule has 0 aliphatic heterocycles. The molecule has 0 aromatic heterocycles. The van der Waals surface area contributed by atoms with Crippen molar-refractivity contribution < 1.29 is 4.74 Å². The molecule has 2 atom stereocenters. The summed E-state index contributed by atoms with van der Waals surface area (Å²) < 4.78 is 5.14. The summed E-state index contributed by atoms with van der Waals surface area (Å²) in [7, 11) is 1.69. The zero-order chi connectivity index (χ0) is 12.0. The molecule has 0 saturated carbocycles. The molecule has 0 unspecified atom stereocenters. The Labute approximate surface area is 103 Å². The average Bonchev–Trinajstić information content (AvgIpc) is 2.29. The van der Waals surface area contributed by atoms with Gasteiger partial charge in [0.05, 0.1) is 7.11 Å². The highest BCUT2D eigenvalue weighted by Crippen LogP contribution is 2.17. The van der Waals surface area contributed by atoms with Gasteiger partial charge in [0, 0.05) is 17.8 Å². The standard InChI is InChI=1S/C13H21NOS/c1-10(9-16-4)14-11(2)12-5-7-13(15-3)8-6-12/h5-8,10-11,14H,9H2,1-4H3/t10-,11-/m1/s1. The number of hydrogen-bond acceptors (Lipinski definition) is 3. The zero-order valence-electron chi connectivity index (χ0n) is 10.5. The van der Waals surface area contributed by atoms with Gasteiger partial charge in [-0.2, -0.15) is 11.8 Å². The van der Waals surface area contributed by atoms with Crippen LogP contribution in [0.5, 0.6) is 5.75 Å². The van der Waals surface area contributed by atoms with Gasteiger partial charge >= 0.3 is 0 Å². The van der Waals surface area contributed by atoms with Crippen molar-refractivity contribution >= 4 is 11.8 Å². The van der Waals surface area contributed by atoms with E-state index in [0.717, 1.165) is 11.5 Å². The van der Waals surface area contributed by atoms with Crippen LogP contribution in [0.2, 0.25) is 0 Å². The van der Waals surface area contributed by atoms with Gasteiger partial charge in [-0.3, -0.25) is 0 Å². The summed E-state index contributed by atoms with van der Waals surface area (Å²) in [6.07, 6.45) is 2.14. The fourth-order valence-electron chi connectivity index (χ4n) is 1.71. The topological polar surface area (TPSA) is 21.3 Å². The minimum Gasteiger partial charge on any atom is -0.497 e. The highest BCUT2D eigenvalue weighted by atomic mass is 32.2. The predicted octanol–water partition coefficient (Wildman–Crippen LogP) is 3.10. The van der Waals surface area contributed by atoms with Crippen LogP contribution in [-0.2, 0) is 0 Å². The largest absolute Gasteiger partial charge is 0.497 e. The minimum atomic E-state index is 0.382. The lowest BCUT2D eigenvalue weighted by atomic mass is 10.1. The van der Waals surface area contributed by atoms with Gasteiger partial charge in [0.2, 0.25) is 0 Å². The molecule has 90 valence electrons. The van der Waals surface area contributed by atoms with Crippen molar-refractivity contribution in [2.75, 3.05) is 19.1 Å². The number of nitrogens with one attached hydrogen (secondary N) is 1. The lowest BCUT2D eigenvalue weighted by Crippen LogP contribution is -2.30. The molecular formula is C13H21NOS. The van der Waals surface area contributed by atoms with Crippen molar-refractivity contribution in [3.8, 4) is 5.75 Å². The van der Waals surface area contributed by atoms with Crippen LogP contribution in [0, 0.1) is 0 Å². The summed E-state index contributed by atoms with van der Waals surface area (Å²) >= 11 is 1.87. The molecule has 0 radical (unpaired) electrons. The van der Waals surface area contributed by atoms with E-state index in [9.17, 15) is 0 Å². The molecule has 3 heteroatoms. The van der Waals surface area contributed by atoms with Gasteiger partial charge in [0.15, 0.2) is 0 Å². The molecule has 1 aromatic rings. The summed E-state index contributed by atoms with van der Waals surface area (Å²) in [5.74, 6) is 2.05. The normalized spacial score (nSPS) is 14.5. The average molecular weight is 239 g/mol. The van der Waals surface area contributed by atoms with E-state index in [2.05, 4.69) is 37.6 Å². The first-order chi connectivity index (χ1) is 7.67. The van der Waals surface area contributed by atoms with E-state index in [-0.39, 0.29) is 0 Å². The van der Waals surface area contributed by atoms with Crippen LogP contribution < -0.4 is 10.1 Å². The Morgan fingerprint density at radius 3 is 2.38 bits per heavy atom. The van der Waals surface area contributed by atoms with Crippen molar-refractivity contribution in [2.45, 2.75) is 25.9 Å². The van der Waals surface area contributed by atoms with Crippen LogP contribution in [0.3, 0.4) is 0 Å². The second-order valence-electron chi connectivity index (χ2n) is 4.02. The highest BCUT2D eigenvalue weighted by Gasteiger charge is 2.08. The van der Waals surface area contributed by atoms with Gasteiger partial charge < -0.3 is 10.1 Å².